The van der Waals surface area contributed by atoms with Crippen molar-refractivity contribution in [3.05, 3.63) is 141 Å². The number of phenolic OH excluding ortho intramolecular Hbond substituents is 2. The van der Waals surface area contributed by atoms with Gasteiger partial charge in [0.1, 0.15) is 35.2 Å². The zero-order valence-corrected chi connectivity index (χ0v) is 39.4. The molecule has 0 bridgehead atoms. The molecule has 0 saturated carbocycles. The number of aryl methyl sites for hydroxylation is 6. The van der Waals surface area contributed by atoms with E-state index in [9.17, 15) is 10.2 Å². The smallest absolute Gasteiger partial charge is 0.131 e. The number of para-hydroxylation sites is 2. The molecule has 0 amide bonds. The molecule has 6 aromatic carbocycles. The highest BCUT2D eigenvalue weighted by molar-refractivity contribution is 5.90. The number of rotatable bonds is 12. The van der Waals surface area contributed by atoms with E-state index in [4.69, 9.17) is 9.47 Å². The standard InChI is InChI=1S/C61H68O4/c1-5-44(64-56-29-17-15-27-50(56)52-31-38(3)33-54(60(52)62)58-46-23-11-7-19-40(46)35-41-20-8-12-24-47(41)58)37-45(6-2)65-57-30-18-16-28-51(57)53-32-39(4)34-55(61(53)63)59-48-25-13-9-21-42(48)36-43-22-10-14-26-49(43)59/h15-18,27-36,44-45,62-63H,5-14,19-26,37H2,1-4H3/t44-,45?/m0/s1. The Bertz CT molecular complexity index is 2480. The molecule has 0 radical (unpaired) electrons. The van der Waals surface area contributed by atoms with Crippen molar-refractivity contribution >= 4 is 0 Å². The average Bonchev–Trinajstić information content (AvgIpc) is 3.33. The van der Waals surface area contributed by atoms with E-state index < -0.39 is 0 Å². The average molecular weight is 865 g/mol. The van der Waals surface area contributed by atoms with Crippen LogP contribution in [0.3, 0.4) is 0 Å². The summed E-state index contributed by atoms with van der Waals surface area (Å²) in [6, 6.07) is 30.2. The molecule has 0 aliphatic heterocycles. The predicted octanol–water partition coefficient (Wildman–Crippen LogP) is 15.3. The summed E-state index contributed by atoms with van der Waals surface area (Å²) in [7, 11) is 0. The second-order valence-electron chi connectivity index (χ2n) is 19.8. The molecule has 4 aliphatic carbocycles. The van der Waals surface area contributed by atoms with Crippen molar-refractivity contribution in [2.75, 3.05) is 0 Å². The van der Waals surface area contributed by atoms with Crippen LogP contribution in [0.1, 0.15) is 140 Å². The van der Waals surface area contributed by atoms with Crippen molar-refractivity contribution in [1.82, 2.24) is 0 Å². The Kier molecular flexibility index (Phi) is 12.5. The summed E-state index contributed by atoms with van der Waals surface area (Å²) in [5.74, 6) is 2.27. The van der Waals surface area contributed by atoms with Gasteiger partial charge in [0.05, 0.1) is 0 Å². The third-order valence-electron chi connectivity index (χ3n) is 15.4. The third kappa shape index (κ3) is 8.47. The SMILES string of the molecule is CCC(C[C@H](CC)Oc1ccccc1-c1cc(C)cc(-c2c3c(cc4c2CCCC4)CCCC3)c1O)Oc1ccccc1-c1cc(C)cc(-c2c3c(cc4c2CCCC4)CCCC3)c1O. The van der Waals surface area contributed by atoms with Gasteiger partial charge in [0.2, 0.25) is 0 Å². The second-order valence-corrected chi connectivity index (χ2v) is 19.8. The molecule has 336 valence electrons. The Hall–Kier alpha value is -5.48. The lowest BCUT2D eigenvalue weighted by Crippen LogP contribution is -2.27. The van der Waals surface area contributed by atoms with Gasteiger partial charge in [-0.25, -0.2) is 0 Å². The van der Waals surface area contributed by atoms with Crippen molar-refractivity contribution in [3.63, 3.8) is 0 Å². The van der Waals surface area contributed by atoms with Gasteiger partial charge in [0.15, 0.2) is 0 Å². The van der Waals surface area contributed by atoms with Gasteiger partial charge in [-0.05, 0) is 233 Å². The van der Waals surface area contributed by atoms with Gasteiger partial charge < -0.3 is 19.7 Å². The number of phenols is 2. The van der Waals surface area contributed by atoms with Crippen molar-refractivity contribution in [2.45, 2.75) is 162 Å². The summed E-state index contributed by atoms with van der Waals surface area (Å²) < 4.78 is 14.0. The van der Waals surface area contributed by atoms with Crippen LogP contribution in [0.4, 0.5) is 0 Å². The van der Waals surface area contributed by atoms with Crippen LogP contribution in [0.5, 0.6) is 23.0 Å². The fourth-order valence-electron chi connectivity index (χ4n) is 12.1. The molecule has 4 heteroatoms. The Morgan fingerprint density at radius 2 is 0.738 bits per heavy atom. The lowest BCUT2D eigenvalue weighted by Gasteiger charge is -2.29. The first-order chi connectivity index (χ1) is 31.8. The van der Waals surface area contributed by atoms with E-state index in [0.717, 1.165) is 120 Å². The third-order valence-corrected chi connectivity index (χ3v) is 15.4. The number of hydrogen-bond acceptors (Lipinski definition) is 4. The quantitative estimate of drug-likeness (QED) is 0.129. The highest BCUT2D eigenvalue weighted by Gasteiger charge is 2.29. The lowest BCUT2D eigenvalue weighted by molar-refractivity contribution is 0.106. The van der Waals surface area contributed by atoms with Crippen LogP contribution in [0.25, 0.3) is 44.5 Å². The van der Waals surface area contributed by atoms with E-state index in [1.54, 1.807) is 0 Å². The highest BCUT2D eigenvalue weighted by Crippen LogP contribution is 2.50. The van der Waals surface area contributed by atoms with Crippen LogP contribution in [0.2, 0.25) is 0 Å². The van der Waals surface area contributed by atoms with Crippen molar-refractivity contribution in [2.24, 2.45) is 0 Å². The fourth-order valence-corrected chi connectivity index (χ4v) is 12.1. The largest absolute Gasteiger partial charge is 0.507 e. The Balaban J connectivity index is 0.947. The zero-order chi connectivity index (χ0) is 44.6. The highest BCUT2D eigenvalue weighted by atomic mass is 16.5. The Morgan fingerprint density at radius 1 is 0.415 bits per heavy atom. The number of fused-ring (bicyclic) bond motifs is 4. The first-order valence-electron chi connectivity index (χ1n) is 25.3. The van der Waals surface area contributed by atoms with E-state index >= 15 is 0 Å². The van der Waals surface area contributed by atoms with Gasteiger partial charge in [0, 0.05) is 39.8 Å². The normalized spacial score (nSPS) is 16.4. The Morgan fingerprint density at radius 3 is 1.09 bits per heavy atom. The number of benzene rings is 6. The molecule has 0 heterocycles. The number of hydrogen-bond donors (Lipinski definition) is 2. The molecule has 0 aromatic heterocycles. The molecular formula is C61H68O4. The molecular weight excluding hydrogens is 797 g/mol. The fraction of sp³-hybridized carbons (Fsp3) is 0.410. The summed E-state index contributed by atoms with van der Waals surface area (Å²) >= 11 is 0. The monoisotopic (exact) mass is 865 g/mol. The van der Waals surface area contributed by atoms with Gasteiger partial charge >= 0.3 is 0 Å². The van der Waals surface area contributed by atoms with E-state index in [2.05, 4.69) is 100 Å². The van der Waals surface area contributed by atoms with E-state index in [-0.39, 0.29) is 12.2 Å². The molecule has 2 atom stereocenters. The van der Waals surface area contributed by atoms with Crippen molar-refractivity contribution < 1.29 is 19.7 Å². The molecule has 0 spiro atoms. The summed E-state index contributed by atoms with van der Waals surface area (Å²) in [5.41, 5.74) is 22.1. The summed E-state index contributed by atoms with van der Waals surface area (Å²) in [5, 5.41) is 24.9. The van der Waals surface area contributed by atoms with Crippen LogP contribution >= 0.6 is 0 Å². The van der Waals surface area contributed by atoms with Crippen LogP contribution in [0, 0.1) is 13.8 Å². The Labute approximate surface area is 388 Å². The predicted molar refractivity (Wildman–Crippen MR) is 268 cm³/mol. The van der Waals surface area contributed by atoms with Crippen molar-refractivity contribution in [3.8, 4) is 67.5 Å². The summed E-state index contributed by atoms with van der Waals surface area (Å²) in [6.45, 7) is 8.69. The molecule has 1 unspecified atom stereocenters. The summed E-state index contributed by atoms with van der Waals surface area (Å²) in [6.07, 6.45) is 20.6. The minimum absolute atomic E-state index is 0.123. The molecule has 4 nitrogen and oxygen atoms in total. The van der Waals surface area contributed by atoms with Crippen molar-refractivity contribution in [1.29, 1.82) is 0 Å². The van der Waals surface area contributed by atoms with Gasteiger partial charge in [0.25, 0.3) is 0 Å². The van der Waals surface area contributed by atoms with E-state index in [1.165, 1.54) is 107 Å². The lowest BCUT2D eigenvalue weighted by atomic mass is 9.76. The molecule has 10 rings (SSSR count). The minimum atomic E-state index is -0.123. The van der Waals surface area contributed by atoms with Crippen LogP contribution in [-0.4, -0.2) is 22.4 Å². The first-order valence-corrected chi connectivity index (χ1v) is 25.3. The molecule has 2 N–H and O–H groups in total. The van der Waals surface area contributed by atoms with E-state index in [0.29, 0.717) is 17.9 Å². The number of aromatic hydroxyl groups is 2. The van der Waals surface area contributed by atoms with Crippen LogP contribution in [-0.2, 0) is 51.4 Å². The van der Waals surface area contributed by atoms with E-state index in [1.807, 2.05) is 12.1 Å². The van der Waals surface area contributed by atoms with Crippen LogP contribution in [0.15, 0.2) is 84.9 Å². The topological polar surface area (TPSA) is 58.9 Å². The first kappa shape index (κ1) is 43.4. The molecule has 4 aliphatic rings. The maximum Gasteiger partial charge on any atom is 0.131 e. The van der Waals surface area contributed by atoms with Crippen LogP contribution < -0.4 is 9.47 Å². The summed E-state index contributed by atoms with van der Waals surface area (Å²) in [4.78, 5) is 0. The zero-order valence-electron chi connectivity index (χ0n) is 39.4. The minimum Gasteiger partial charge on any atom is -0.507 e. The molecule has 65 heavy (non-hydrogen) atoms. The second kappa shape index (κ2) is 18.8. The van der Waals surface area contributed by atoms with Gasteiger partial charge in [-0.2, -0.15) is 0 Å². The maximum absolute atomic E-state index is 12.4. The van der Waals surface area contributed by atoms with Gasteiger partial charge in [-0.15, -0.1) is 0 Å². The molecule has 0 saturated heterocycles. The maximum atomic E-state index is 12.4. The number of ether oxygens (including phenoxy) is 2. The van der Waals surface area contributed by atoms with Gasteiger partial charge in [-0.3, -0.25) is 0 Å². The van der Waals surface area contributed by atoms with Gasteiger partial charge in [-0.1, -0.05) is 62.4 Å². The molecule has 0 fully saturated rings. The molecule has 6 aromatic rings.